The molecule has 0 bridgehead atoms. The molecule has 0 aromatic carbocycles. The van der Waals surface area contributed by atoms with Crippen molar-refractivity contribution in [3.8, 4) is 0 Å². The van der Waals surface area contributed by atoms with Crippen LogP contribution in [0.2, 0.25) is 0 Å². The Morgan fingerprint density at radius 3 is 2.65 bits per heavy atom. The standard InChI is InChI=1S/C15H22O5/c1-10(2)13(16)19-11(3)18-12-9-15(20-14(12)17)7-5-4-6-8-15/h11-12H,1,4-9H2,2-3H3. The first-order valence-corrected chi connectivity index (χ1v) is 7.17. The molecule has 20 heavy (non-hydrogen) atoms. The topological polar surface area (TPSA) is 61.8 Å². The van der Waals surface area contributed by atoms with Gasteiger partial charge in [-0.1, -0.05) is 13.0 Å². The number of esters is 2. The minimum atomic E-state index is -0.782. The van der Waals surface area contributed by atoms with Crippen LogP contribution in [-0.2, 0) is 23.8 Å². The minimum absolute atomic E-state index is 0.304. The zero-order valence-corrected chi connectivity index (χ0v) is 12.1. The molecule has 0 aromatic heterocycles. The maximum atomic E-state index is 11.9. The van der Waals surface area contributed by atoms with Crippen LogP contribution >= 0.6 is 0 Å². The van der Waals surface area contributed by atoms with Crippen molar-refractivity contribution in [3.63, 3.8) is 0 Å². The largest absolute Gasteiger partial charge is 0.457 e. The van der Waals surface area contributed by atoms with Gasteiger partial charge in [0.05, 0.1) is 0 Å². The highest BCUT2D eigenvalue weighted by Crippen LogP contribution is 2.41. The second kappa shape index (κ2) is 5.95. The molecule has 5 nitrogen and oxygen atoms in total. The first kappa shape index (κ1) is 15.0. The van der Waals surface area contributed by atoms with Gasteiger partial charge in [0.25, 0.3) is 0 Å². The third kappa shape index (κ3) is 3.39. The summed E-state index contributed by atoms with van der Waals surface area (Å²) in [5, 5.41) is 0. The summed E-state index contributed by atoms with van der Waals surface area (Å²) in [4.78, 5) is 23.3. The molecule has 2 rings (SSSR count). The maximum absolute atomic E-state index is 11.9. The lowest BCUT2D eigenvalue weighted by Crippen LogP contribution is -2.31. The van der Waals surface area contributed by atoms with E-state index in [9.17, 15) is 9.59 Å². The van der Waals surface area contributed by atoms with E-state index in [1.54, 1.807) is 13.8 Å². The van der Waals surface area contributed by atoms with Crippen LogP contribution in [0.25, 0.3) is 0 Å². The Hall–Kier alpha value is -1.36. The normalized spacial score (nSPS) is 26.1. The summed E-state index contributed by atoms with van der Waals surface area (Å²) in [6.07, 6.45) is 4.30. The van der Waals surface area contributed by atoms with Crippen molar-refractivity contribution in [1.82, 2.24) is 0 Å². The monoisotopic (exact) mass is 282 g/mol. The summed E-state index contributed by atoms with van der Waals surface area (Å²) in [5.41, 5.74) is -0.0452. The van der Waals surface area contributed by atoms with E-state index in [-0.39, 0.29) is 11.6 Å². The fourth-order valence-corrected chi connectivity index (χ4v) is 2.86. The van der Waals surface area contributed by atoms with Crippen LogP contribution in [0, 0.1) is 0 Å². The zero-order chi connectivity index (χ0) is 14.8. The van der Waals surface area contributed by atoms with E-state index in [0.29, 0.717) is 12.0 Å². The number of ether oxygens (including phenoxy) is 3. The highest BCUT2D eigenvalue weighted by molar-refractivity contribution is 5.87. The fraction of sp³-hybridized carbons (Fsp3) is 0.733. The first-order valence-electron chi connectivity index (χ1n) is 7.17. The number of carbonyl (C=O) groups is 2. The quantitative estimate of drug-likeness (QED) is 0.450. The molecular weight excluding hydrogens is 260 g/mol. The molecule has 5 heteroatoms. The van der Waals surface area contributed by atoms with Gasteiger partial charge in [-0.2, -0.15) is 0 Å². The van der Waals surface area contributed by atoms with Gasteiger partial charge >= 0.3 is 11.9 Å². The Bertz CT molecular complexity index is 408. The SMILES string of the molecule is C=C(C)C(=O)OC(C)OC1CC2(CCCCC2)OC1=O. The predicted octanol–water partition coefficient (Wildman–Crippen LogP) is 2.49. The molecule has 1 saturated heterocycles. The molecule has 1 spiro atoms. The van der Waals surface area contributed by atoms with Crippen molar-refractivity contribution in [2.75, 3.05) is 0 Å². The highest BCUT2D eigenvalue weighted by atomic mass is 16.7. The lowest BCUT2D eigenvalue weighted by atomic mass is 9.82. The molecule has 1 saturated carbocycles. The van der Waals surface area contributed by atoms with Crippen LogP contribution in [0.5, 0.6) is 0 Å². The molecule has 1 heterocycles. The van der Waals surface area contributed by atoms with Gasteiger partial charge in [0.2, 0.25) is 6.29 Å². The van der Waals surface area contributed by atoms with Gasteiger partial charge in [-0.3, -0.25) is 0 Å². The van der Waals surface area contributed by atoms with Gasteiger partial charge in [0.15, 0.2) is 6.10 Å². The molecule has 1 aliphatic carbocycles. The minimum Gasteiger partial charge on any atom is -0.457 e. The molecular formula is C15H22O5. The third-order valence-corrected chi connectivity index (χ3v) is 3.88. The predicted molar refractivity (Wildman–Crippen MR) is 71.8 cm³/mol. The summed E-state index contributed by atoms with van der Waals surface area (Å²) in [7, 11) is 0. The second-order valence-electron chi connectivity index (χ2n) is 5.75. The molecule has 0 N–H and O–H groups in total. The molecule has 2 aliphatic rings. The van der Waals surface area contributed by atoms with E-state index >= 15 is 0 Å². The average Bonchev–Trinajstić information content (AvgIpc) is 2.65. The van der Waals surface area contributed by atoms with Crippen LogP contribution in [0.3, 0.4) is 0 Å². The van der Waals surface area contributed by atoms with Crippen LogP contribution < -0.4 is 0 Å². The molecule has 2 fully saturated rings. The summed E-state index contributed by atoms with van der Waals surface area (Å²) in [6.45, 7) is 6.66. The summed E-state index contributed by atoms with van der Waals surface area (Å²) in [5.74, 6) is -0.860. The van der Waals surface area contributed by atoms with Gasteiger partial charge in [-0.25, -0.2) is 9.59 Å². The number of hydrogen-bond donors (Lipinski definition) is 0. The van der Waals surface area contributed by atoms with Crippen molar-refractivity contribution >= 4 is 11.9 Å². The highest BCUT2D eigenvalue weighted by Gasteiger charge is 2.48. The molecule has 112 valence electrons. The summed E-state index contributed by atoms with van der Waals surface area (Å²) < 4.78 is 16.1. The first-order chi connectivity index (χ1) is 9.42. The van der Waals surface area contributed by atoms with Gasteiger partial charge in [0, 0.05) is 12.0 Å². The van der Waals surface area contributed by atoms with E-state index < -0.39 is 18.4 Å². The summed E-state index contributed by atoms with van der Waals surface area (Å²) >= 11 is 0. The Balaban J connectivity index is 1.88. The lowest BCUT2D eigenvalue weighted by molar-refractivity contribution is -0.186. The van der Waals surface area contributed by atoms with Crippen molar-refractivity contribution in [1.29, 1.82) is 0 Å². The Kier molecular flexibility index (Phi) is 4.48. The molecule has 2 atom stereocenters. The van der Waals surface area contributed by atoms with Gasteiger partial charge < -0.3 is 14.2 Å². The van der Waals surface area contributed by atoms with Crippen molar-refractivity contribution in [3.05, 3.63) is 12.2 Å². The molecule has 0 aromatic rings. The van der Waals surface area contributed by atoms with Crippen LogP contribution in [0.1, 0.15) is 52.4 Å². The number of carbonyl (C=O) groups excluding carboxylic acids is 2. The van der Waals surface area contributed by atoms with Gasteiger partial charge in [0.1, 0.15) is 5.60 Å². The molecule has 1 aliphatic heterocycles. The third-order valence-electron chi connectivity index (χ3n) is 3.88. The van der Waals surface area contributed by atoms with E-state index in [2.05, 4.69) is 6.58 Å². The number of rotatable bonds is 4. The van der Waals surface area contributed by atoms with Gasteiger partial charge in [-0.05, 0) is 39.5 Å². The smallest absolute Gasteiger partial charge is 0.336 e. The van der Waals surface area contributed by atoms with Crippen LogP contribution in [0.15, 0.2) is 12.2 Å². The zero-order valence-electron chi connectivity index (χ0n) is 12.1. The Labute approximate surface area is 119 Å². The Morgan fingerprint density at radius 1 is 1.40 bits per heavy atom. The van der Waals surface area contributed by atoms with Crippen LogP contribution in [0.4, 0.5) is 0 Å². The average molecular weight is 282 g/mol. The van der Waals surface area contributed by atoms with Crippen molar-refractivity contribution in [2.24, 2.45) is 0 Å². The number of hydrogen-bond acceptors (Lipinski definition) is 5. The Morgan fingerprint density at radius 2 is 2.05 bits per heavy atom. The van der Waals surface area contributed by atoms with Crippen molar-refractivity contribution < 1.29 is 23.8 Å². The fourth-order valence-electron chi connectivity index (χ4n) is 2.86. The van der Waals surface area contributed by atoms with Crippen molar-refractivity contribution in [2.45, 2.75) is 70.4 Å². The van der Waals surface area contributed by atoms with E-state index in [1.165, 1.54) is 6.42 Å². The van der Waals surface area contributed by atoms with E-state index in [1.807, 2.05) is 0 Å². The summed E-state index contributed by atoms with van der Waals surface area (Å²) in [6, 6.07) is 0. The van der Waals surface area contributed by atoms with E-state index in [0.717, 1.165) is 25.7 Å². The van der Waals surface area contributed by atoms with Crippen LogP contribution in [-0.4, -0.2) is 29.9 Å². The van der Waals surface area contributed by atoms with E-state index in [4.69, 9.17) is 14.2 Å². The molecule has 0 radical (unpaired) electrons. The van der Waals surface area contributed by atoms with Gasteiger partial charge in [-0.15, -0.1) is 0 Å². The second-order valence-corrected chi connectivity index (χ2v) is 5.75. The maximum Gasteiger partial charge on any atom is 0.336 e. The lowest BCUT2D eigenvalue weighted by Gasteiger charge is -2.31. The molecule has 0 amide bonds. The molecule has 2 unspecified atom stereocenters.